The molecule has 216 valence electrons. The number of halogens is 4. The zero-order valence-corrected chi connectivity index (χ0v) is 22.4. The van der Waals surface area contributed by atoms with Crippen LogP contribution in [0.2, 0.25) is 5.28 Å². The molecule has 10 nitrogen and oxygen atoms in total. The third-order valence-electron chi connectivity index (χ3n) is 6.74. The summed E-state index contributed by atoms with van der Waals surface area (Å²) in [6.07, 6.45) is -2.25. The van der Waals surface area contributed by atoms with Crippen LogP contribution in [0, 0.1) is 10.1 Å². The molecule has 0 saturated carbocycles. The van der Waals surface area contributed by atoms with Crippen LogP contribution in [0.25, 0.3) is 0 Å². The molecule has 1 aromatic heterocycles. The Bertz CT molecular complexity index is 1270. The maximum Gasteiger partial charge on any atom is 0.573 e. The zero-order chi connectivity index (χ0) is 28.9. The van der Waals surface area contributed by atoms with Crippen LogP contribution in [-0.2, 0) is 6.54 Å². The number of alkyl halides is 3. The van der Waals surface area contributed by atoms with Gasteiger partial charge < -0.3 is 34.5 Å². The Hall–Kier alpha value is -3.71. The van der Waals surface area contributed by atoms with Crippen molar-refractivity contribution in [2.24, 2.45) is 0 Å². The van der Waals surface area contributed by atoms with Gasteiger partial charge in [-0.15, -0.1) is 13.2 Å². The SMILES string of the molecule is CN(c1ccc(OC(F)(F)F)cc1)C1CCN(c2ccc(OCC(O)CCn3cc([N+](=O)[O-])nc3Cl)cc2)CC1. The number of rotatable bonds is 11. The topological polar surface area (TPSA) is 106 Å². The Morgan fingerprint density at radius 2 is 1.77 bits per heavy atom. The van der Waals surface area contributed by atoms with Gasteiger partial charge in [-0.2, -0.15) is 0 Å². The summed E-state index contributed by atoms with van der Waals surface area (Å²) < 4.78 is 48.2. The van der Waals surface area contributed by atoms with E-state index in [1.54, 1.807) is 12.1 Å². The number of aryl methyl sites for hydroxylation is 1. The Balaban J connectivity index is 1.20. The van der Waals surface area contributed by atoms with Crippen molar-refractivity contribution in [2.45, 2.75) is 44.3 Å². The third-order valence-corrected chi connectivity index (χ3v) is 7.04. The van der Waals surface area contributed by atoms with Gasteiger partial charge in [0.05, 0.1) is 6.10 Å². The quantitative estimate of drug-likeness (QED) is 0.240. The summed E-state index contributed by atoms with van der Waals surface area (Å²) in [6.45, 7) is 1.94. The molecule has 1 unspecified atom stereocenters. The van der Waals surface area contributed by atoms with E-state index in [2.05, 4.69) is 19.5 Å². The molecule has 2 heterocycles. The fraction of sp³-hybridized carbons (Fsp3) is 0.423. The van der Waals surface area contributed by atoms with Gasteiger partial charge in [0.15, 0.2) is 0 Å². The summed E-state index contributed by atoms with van der Waals surface area (Å²) in [5.74, 6) is 0.0148. The molecule has 0 amide bonds. The molecule has 2 aromatic carbocycles. The van der Waals surface area contributed by atoms with E-state index in [4.69, 9.17) is 16.3 Å². The van der Waals surface area contributed by atoms with Gasteiger partial charge in [0.1, 0.15) is 24.3 Å². The first-order chi connectivity index (χ1) is 19.0. The van der Waals surface area contributed by atoms with Crippen LogP contribution >= 0.6 is 11.6 Å². The minimum Gasteiger partial charge on any atom is -0.491 e. The lowest BCUT2D eigenvalue weighted by atomic mass is 10.0. The van der Waals surface area contributed by atoms with Crippen molar-refractivity contribution in [1.29, 1.82) is 0 Å². The van der Waals surface area contributed by atoms with Crippen molar-refractivity contribution in [2.75, 3.05) is 36.5 Å². The predicted molar refractivity (Wildman–Crippen MR) is 143 cm³/mol. The molecule has 0 radical (unpaired) electrons. The van der Waals surface area contributed by atoms with E-state index in [1.165, 1.54) is 22.9 Å². The van der Waals surface area contributed by atoms with Gasteiger partial charge in [-0.25, -0.2) is 0 Å². The van der Waals surface area contributed by atoms with Gasteiger partial charge in [-0.05, 0) is 89.3 Å². The van der Waals surface area contributed by atoms with E-state index >= 15 is 0 Å². The lowest BCUT2D eigenvalue weighted by Crippen LogP contribution is -2.43. The van der Waals surface area contributed by atoms with Gasteiger partial charge in [0.2, 0.25) is 0 Å². The molecule has 40 heavy (non-hydrogen) atoms. The lowest BCUT2D eigenvalue weighted by Gasteiger charge is -2.39. The monoisotopic (exact) mass is 583 g/mol. The number of aliphatic hydroxyl groups is 1. The summed E-state index contributed by atoms with van der Waals surface area (Å²) in [5, 5.41) is 21.0. The summed E-state index contributed by atoms with van der Waals surface area (Å²) >= 11 is 5.89. The summed E-state index contributed by atoms with van der Waals surface area (Å²) in [7, 11) is 1.94. The number of aliphatic hydroxyl groups excluding tert-OH is 1. The summed E-state index contributed by atoms with van der Waals surface area (Å²) in [5.41, 5.74) is 1.87. The number of ether oxygens (including phenoxy) is 2. The van der Waals surface area contributed by atoms with Crippen molar-refractivity contribution in [3.8, 4) is 11.5 Å². The molecule has 1 fully saturated rings. The molecule has 1 aliphatic rings. The normalized spacial score (nSPS) is 15.1. The highest BCUT2D eigenvalue weighted by atomic mass is 35.5. The smallest absolute Gasteiger partial charge is 0.491 e. The molecule has 0 aliphatic carbocycles. The van der Waals surface area contributed by atoms with Gasteiger partial charge in [0.25, 0.3) is 0 Å². The van der Waals surface area contributed by atoms with E-state index in [1.807, 2.05) is 31.3 Å². The van der Waals surface area contributed by atoms with Crippen molar-refractivity contribution in [1.82, 2.24) is 9.55 Å². The van der Waals surface area contributed by atoms with E-state index in [9.17, 15) is 28.4 Å². The molecule has 1 atom stereocenters. The molecular weight excluding hydrogens is 555 g/mol. The van der Waals surface area contributed by atoms with Crippen LogP contribution in [0.4, 0.5) is 30.4 Å². The molecule has 3 aromatic rings. The minimum atomic E-state index is -4.71. The first-order valence-corrected chi connectivity index (χ1v) is 13.0. The Morgan fingerprint density at radius 3 is 2.35 bits per heavy atom. The zero-order valence-electron chi connectivity index (χ0n) is 21.6. The highest BCUT2D eigenvalue weighted by Crippen LogP contribution is 2.29. The summed E-state index contributed by atoms with van der Waals surface area (Å²) in [4.78, 5) is 18.1. The molecule has 1 aliphatic heterocycles. The Labute approximate surface area is 233 Å². The van der Waals surface area contributed by atoms with Crippen molar-refractivity contribution < 1.29 is 32.7 Å². The second-order valence-corrected chi connectivity index (χ2v) is 9.77. The highest BCUT2D eigenvalue weighted by Gasteiger charge is 2.31. The number of aromatic nitrogens is 2. The highest BCUT2D eigenvalue weighted by molar-refractivity contribution is 6.28. The first kappa shape index (κ1) is 29.3. The Morgan fingerprint density at radius 1 is 1.15 bits per heavy atom. The fourth-order valence-electron chi connectivity index (χ4n) is 4.55. The van der Waals surface area contributed by atoms with Gasteiger partial charge in [-0.1, -0.05) is 0 Å². The minimum absolute atomic E-state index is 0.0142. The number of nitrogens with zero attached hydrogens (tertiary/aromatic N) is 5. The molecule has 0 bridgehead atoms. The van der Waals surface area contributed by atoms with E-state index < -0.39 is 17.4 Å². The molecular formula is C26H29ClF3N5O5. The molecule has 1 saturated heterocycles. The van der Waals surface area contributed by atoms with E-state index in [0.717, 1.165) is 37.3 Å². The first-order valence-electron chi connectivity index (χ1n) is 12.6. The number of imidazole rings is 1. The molecule has 1 N–H and O–H groups in total. The maximum absolute atomic E-state index is 12.4. The van der Waals surface area contributed by atoms with Crippen molar-refractivity contribution >= 4 is 28.8 Å². The molecule has 4 rings (SSSR count). The third kappa shape index (κ3) is 7.92. The Kier molecular flexibility index (Phi) is 9.25. The maximum atomic E-state index is 12.4. The number of piperidine rings is 1. The molecule has 14 heteroatoms. The van der Waals surface area contributed by atoms with Crippen LogP contribution in [0.15, 0.2) is 54.7 Å². The second kappa shape index (κ2) is 12.6. The average molecular weight is 584 g/mol. The van der Waals surface area contributed by atoms with Crippen LogP contribution in [-0.4, -0.2) is 64.8 Å². The second-order valence-electron chi connectivity index (χ2n) is 9.44. The number of hydrogen-bond acceptors (Lipinski definition) is 8. The van der Waals surface area contributed by atoms with E-state index in [-0.39, 0.29) is 42.5 Å². The van der Waals surface area contributed by atoms with Crippen LogP contribution < -0.4 is 19.3 Å². The van der Waals surface area contributed by atoms with E-state index in [0.29, 0.717) is 5.75 Å². The van der Waals surface area contributed by atoms with Gasteiger partial charge >= 0.3 is 17.5 Å². The predicted octanol–water partition coefficient (Wildman–Crippen LogP) is 5.28. The standard InChI is InChI=1S/C26H29ClF3N5O5/c1-32(18-2-8-23(9-3-18)40-26(28,29)30)19-10-13-33(14-11-19)20-4-6-22(7-5-20)39-17-21(36)12-15-34-16-24(35(37)38)31-25(34)27/h2-9,16,19,21,36H,10-15,17H2,1H3. The average Bonchev–Trinajstić information content (AvgIpc) is 3.31. The fourth-order valence-corrected chi connectivity index (χ4v) is 4.77. The van der Waals surface area contributed by atoms with Crippen LogP contribution in [0.3, 0.4) is 0 Å². The number of hydrogen-bond donors (Lipinski definition) is 1. The number of anilines is 2. The van der Waals surface area contributed by atoms with Gasteiger partial charge in [0, 0.05) is 44.1 Å². The van der Waals surface area contributed by atoms with Gasteiger partial charge in [-0.3, -0.25) is 4.57 Å². The summed E-state index contributed by atoms with van der Waals surface area (Å²) in [6, 6.07) is 13.7. The number of benzene rings is 2. The number of nitro groups is 1. The lowest BCUT2D eigenvalue weighted by molar-refractivity contribution is -0.389. The van der Waals surface area contributed by atoms with Crippen LogP contribution in [0.5, 0.6) is 11.5 Å². The largest absolute Gasteiger partial charge is 0.573 e. The van der Waals surface area contributed by atoms with Crippen LogP contribution in [0.1, 0.15) is 19.3 Å². The van der Waals surface area contributed by atoms with Crippen molar-refractivity contribution in [3.63, 3.8) is 0 Å². The van der Waals surface area contributed by atoms with Crippen molar-refractivity contribution in [3.05, 3.63) is 70.1 Å². The molecule has 0 spiro atoms.